The number of hydrogen-bond acceptors (Lipinski definition) is 6. The first kappa shape index (κ1) is 21.4. The molecule has 1 aromatic carbocycles. The molecule has 2 aliphatic rings. The van der Waals surface area contributed by atoms with E-state index in [1.807, 2.05) is 31.2 Å². The van der Waals surface area contributed by atoms with E-state index in [0.717, 1.165) is 49.1 Å². The van der Waals surface area contributed by atoms with Crippen molar-refractivity contribution in [3.05, 3.63) is 47.4 Å². The Labute approximate surface area is 183 Å². The van der Waals surface area contributed by atoms with Crippen molar-refractivity contribution in [3.63, 3.8) is 0 Å². The smallest absolute Gasteiger partial charge is 0.338 e. The van der Waals surface area contributed by atoms with Crippen LogP contribution in [0.3, 0.4) is 0 Å². The number of carbonyl (C=O) groups excluding carboxylic acids is 1. The van der Waals surface area contributed by atoms with Crippen molar-refractivity contribution in [1.29, 1.82) is 0 Å². The molecule has 1 atom stereocenters. The van der Waals surface area contributed by atoms with Crippen molar-refractivity contribution in [3.8, 4) is 5.75 Å². The van der Waals surface area contributed by atoms with Crippen LogP contribution < -0.4 is 10.1 Å². The maximum Gasteiger partial charge on any atom is 0.338 e. The summed E-state index contributed by atoms with van der Waals surface area (Å²) in [6.07, 6.45) is 10.2. The van der Waals surface area contributed by atoms with E-state index < -0.39 is 0 Å². The Morgan fingerprint density at radius 1 is 1.16 bits per heavy atom. The molecule has 1 saturated carbocycles. The number of allylic oxidation sites excluding steroid dienone is 1. The van der Waals surface area contributed by atoms with Crippen molar-refractivity contribution in [2.45, 2.75) is 77.4 Å². The Morgan fingerprint density at radius 2 is 1.94 bits per heavy atom. The largest absolute Gasteiger partial charge is 0.494 e. The van der Waals surface area contributed by atoms with E-state index in [1.54, 1.807) is 4.68 Å². The van der Waals surface area contributed by atoms with Crippen LogP contribution in [0.1, 0.15) is 76.8 Å². The van der Waals surface area contributed by atoms with Crippen molar-refractivity contribution >= 4 is 11.9 Å². The summed E-state index contributed by atoms with van der Waals surface area (Å²) in [4.78, 5) is 17.6. The molecule has 1 unspecified atom stereocenters. The molecule has 0 spiro atoms. The maximum atomic E-state index is 13.3. The number of rotatable bonds is 8. The summed E-state index contributed by atoms with van der Waals surface area (Å²) in [5, 5.41) is 7.59. The molecule has 1 fully saturated rings. The van der Waals surface area contributed by atoms with Crippen LogP contribution in [0.25, 0.3) is 0 Å². The summed E-state index contributed by atoms with van der Waals surface area (Å²) in [6.45, 7) is 4.79. The Kier molecular flexibility index (Phi) is 6.89. The van der Waals surface area contributed by atoms with Crippen LogP contribution in [-0.4, -0.2) is 33.4 Å². The summed E-state index contributed by atoms with van der Waals surface area (Å²) in [5.41, 5.74) is 2.29. The number of aromatic nitrogens is 3. The van der Waals surface area contributed by atoms with E-state index in [2.05, 4.69) is 22.3 Å². The minimum Gasteiger partial charge on any atom is -0.494 e. The maximum absolute atomic E-state index is 13.3. The number of unbranched alkanes of at least 4 members (excludes halogenated alkanes) is 2. The topological polar surface area (TPSA) is 78.3 Å². The summed E-state index contributed by atoms with van der Waals surface area (Å²) < 4.78 is 13.5. The molecule has 166 valence electrons. The first-order valence-corrected chi connectivity index (χ1v) is 11.5. The number of fused-ring (bicyclic) bond motifs is 1. The van der Waals surface area contributed by atoms with Crippen molar-refractivity contribution in [1.82, 2.24) is 14.8 Å². The second-order valence-electron chi connectivity index (χ2n) is 8.38. The molecule has 0 saturated heterocycles. The van der Waals surface area contributed by atoms with Crippen LogP contribution in [0.4, 0.5) is 5.95 Å². The molecule has 1 aromatic heterocycles. The highest BCUT2D eigenvalue weighted by molar-refractivity contribution is 5.92. The number of nitrogens with zero attached hydrogens (tertiary/aromatic N) is 3. The molecule has 2 aromatic rings. The Balaban J connectivity index is 1.56. The number of ether oxygens (including phenoxy) is 2. The lowest BCUT2D eigenvalue weighted by Crippen LogP contribution is -2.32. The zero-order valence-electron chi connectivity index (χ0n) is 18.5. The molecule has 31 heavy (non-hydrogen) atoms. The lowest BCUT2D eigenvalue weighted by atomic mass is 9.95. The first-order chi connectivity index (χ1) is 15.2. The van der Waals surface area contributed by atoms with Crippen LogP contribution in [0.5, 0.6) is 5.75 Å². The fourth-order valence-corrected chi connectivity index (χ4v) is 4.35. The van der Waals surface area contributed by atoms with Crippen LogP contribution in [0, 0.1) is 0 Å². The first-order valence-electron chi connectivity index (χ1n) is 11.5. The third-order valence-corrected chi connectivity index (χ3v) is 6.05. The third-order valence-electron chi connectivity index (χ3n) is 6.05. The van der Waals surface area contributed by atoms with Gasteiger partial charge in [-0.15, -0.1) is 0 Å². The highest BCUT2D eigenvalue weighted by Crippen LogP contribution is 2.36. The highest BCUT2D eigenvalue weighted by atomic mass is 16.5. The number of carbonyl (C=O) groups is 1. The third kappa shape index (κ3) is 4.92. The van der Waals surface area contributed by atoms with Crippen LogP contribution in [0.15, 0.2) is 41.9 Å². The van der Waals surface area contributed by atoms with Gasteiger partial charge in [-0.05, 0) is 56.7 Å². The van der Waals surface area contributed by atoms with Crippen LogP contribution in [0.2, 0.25) is 0 Å². The quantitative estimate of drug-likeness (QED) is 0.474. The van der Waals surface area contributed by atoms with Gasteiger partial charge in [-0.25, -0.2) is 9.48 Å². The monoisotopic (exact) mass is 424 g/mol. The number of benzene rings is 1. The van der Waals surface area contributed by atoms with E-state index >= 15 is 0 Å². The van der Waals surface area contributed by atoms with Gasteiger partial charge in [0.05, 0.1) is 12.2 Å². The van der Waals surface area contributed by atoms with Gasteiger partial charge in [0.15, 0.2) is 0 Å². The molecule has 1 N–H and O–H groups in total. The van der Waals surface area contributed by atoms with E-state index in [9.17, 15) is 4.79 Å². The normalized spacial score (nSPS) is 19.0. The van der Waals surface area contributed by atoms with Crippen LogP contribution >= 0.6 is 0 Å². The molecule has 0 amide bonds. The van der Waals surface area contributed by atoms with Gasteiger partial charge in [-0.2, -0.15) is 10.1 Å². The summed E-state index contributed by atoms with van der Waals surface area (Å²) in [5.74, 6) is 1.18. The molecule has 2 heterocycles. The van der Waals surface area contributed by atoms with E-state index in [0.29, 0.717) is 18.1 Å². The molecule has 1 aliphatic carbocycles. The lowest BCUT2D eigenvalue weighted by molar-refractivity contribution is -0.146. The summed E-state index contributed by atoms with van der Waals surface area (Å²) in [7, 11) is 0. The van der Waals surface area contributed by atoms with Gasteiger partial charge < -0.3 is 14.8 Å². The second-order valence-corrected chi connectivity index (χ2v) is 8.38. The zero-order chi connectivity index (χ0) is 21.6. The fourth-order valence-electron chi connectivity index (χ4n) is 4.35. The lowest BCUT2D eigenvalue weighted by Gasteiger charge is -2.30. The summed E-state index contributed by atoms with van der Waals surface area (Å²) >= 11 is 0. The van der Waals surface area contributed by atoms with E-state index in [4.69, 9.17) is 9.47 Å². The number of esters is 1. The van der Waals surface area contributed by atoms with Gasteiger partial charge >= 0.3 is 5.97 Å². The van der Waals surface area contributed by atoms with Gasteiger partial charge in [-0.1, -0.05) is 38.3 Å². The number of hydrogen-bond donors (Lipinski definition) is 1. The van der Waals surface area contributed by atoms with Gasteiger partial charge in [0.2, 0.25) is 5.95 Å². The fraction of sp³-hybridized carbons (Fsp3) is 0.542. The Morgan fingerprint density at radius 3 is 2.68 bits per heavy atom. The summed E-state index contributed by atoms with van der Waals surface area (Å²) in [6, 6.07) is 7.53. The predicted molar refractivity (Wildman–Crippen MR) is 119 cm³/mol. The molecular formula is C24H32N4O3. The van der Waals surface area contributed by atoms with Crippen molar-refractivity contribution < 1.29 is 14.3 Å². The second kappa shape index (κ2) is 9.98. The van der Waals surface area contributed by atoms with Gasteiger partial charge in [0.25, 0.3) is 0 Å². The standard InChI is InChI=1S/C24H32N4O3/c1-3-4-8-15-30-19-13-11-18(12-14-19)22-21(17(2)27-24-25-16-26-28(22)24)23(29)31-20-9-6-5-7-10-20/h11-14,16,20,22H,3-10,15H2,1-2H3,(H,25,26,27). The van der Waals surface area contributed by atoms with E-state index in [-0.39, 0.29) is 18.1 Å². The minimum atomic E-state index is -0.385. The Bertz CT molecular complexity index is 913. The number of nitrogens with one attached hydrogen (secondary N) is 1. The SMILES string of the molecule is CCCCCOc1ccc(C2C(C(=O)OC3CCCCC3)=C(C)Nc3ncnn32)cc1. The average molecular weight is 425 g/mol. The van der Waals surface area contributed by atoms with Crippen molar-refractivity contribution in [2.24, 2.45) is 0 Å². The molecule has 0 radical (unpaired) electrons. The highest BCUT2D eigenvalue weighted by Gasteiger charge is 2.35. The molecular weight excluding hydrogens is 392 g/mol. The van der Waals surface area contributed by atoms with Crippen molar-refractivity contribution in [2.75, 3.05) is 11.9 Å². The average Bonchev–Trinajstić information content (AvgIpc) is 3.25. The van der Waals surface area contributed by atoms with Gasteiger partial charge in [0.1, 0.15) is 24.2 Å². The number of anilines is 1. The molecule has 0 bridgehead atoms. The predicted octanol–water partition coefficient (Wildman–Crippen LogP) is 5.01. The van der Waals surface area contributed by atoms with E-state index in [1.165, 1.54) is 25.6 Å². The molecule has 4 rings (SSSR count). The molecule has 7 nitrogen and oxygen atoms in total. The Hall–Kier alpha value is -2.83. The molecule has 7 heteroatoms. The zero-order valence-corrected chi connectivity index (χ0v) is 18.5. The minimum absolute atomic E-state index is 0.00163. The van der Waals surface area contributed by atoms with Crippen LogP contribution in [-0.2, 0) is 9.53 Å². The molecule has 1 aliphatic heterocycles. The van der Waals surface area contributed by atoms with Gasteiger partial charge in [0, 0.05) is 5.70 Å². The van der Waals surface area contributed by atoms with Gasteiger partial charge in [-0.3, -0.25) is 0 Å².